The van der Waals surface area contributed by atoms with Gasteiger partial charge in [-0.3, -0.25) is 4.79 Å². The van der Waals surface area contributed by atoms with Gasteiger partial charge in [0.05, 0.1) is 0 Å². The van der Waals surface area contributed by atoms with Gasteiger partial charge < -0.3 is 22.1 Å². The van der Waals surface area contributed by atoms with Crippen LogP contribution in [0.15, 0.2) is 42.5 Å². The maximum absolute atomic E-state index is 12.2. The lowest BCUT2D eigenvalue weighted by molar-refractivity contribution is 0.102. The zero-order chi connectivity index (χ0) is 15.4. The maximum Gasteiger partial charge on any atom is 0.316 e. The van der Waals surface area contributed by atoms with Crippen molar-refractivity contribution >= 4 is 29.0 Å². The van der Waals surface area contributed by atoms with Crippen LogP contribution >= 0.6 is 0 Å². The topological polar surface area (TPSA) is 110 Å². The third-order valence-corrected chi connectivity index (χ3v) is 3.01. The third kappa shape index (κ3) is 3.50. The third-order valence-electron chi connectivity index (χ3n) is 3.01. The van der Waals surface area contributed by atoms with E-state index in [0.717, 1.165) is 5.56 Å². The summed E-state index contributed by atoms with van der Waals surface area (Å²) in [5, 5.41) is 5.20. The van der Waals surface area contributed by atoms with Gasteiger partial charge in [0, 0.05) is 22.6 Å². The first kappa shape index (κ1) is 14.4. The molecule has 0 aliphatic heterocycles. The minimum absolute atomic E-state index is 0.268. The fourth-order valence-electron chi connectivity index (χ4n) is 1.91. The molecule has 108 valence electrons. The molecule has 6 nitrogen and oxygen atoms in total. The van der Waals surface area contributed by atoms with E-state index in [1.807, 2.05) is 0 Å². The molecule has 6 N–H and O–H groups in total. The molecule has 0 saturated carbocycles. The van der Waals surface area contributed by atoms with Crippen LogP contribution in [-0.4, -0.2) is 11.9 Å². The molecule has 6 heteroatoms. The summed E-state index contributed by atoms with van der Waals surface area (Å²) in [6, 6.07) is 11.2. The molecule has 0 radical (unpaired) electrons. The van der Waals surface area contributed by atoms with E-state index < -0.39 is 6.03 Å². The first-order valence-corrected chi connectivity index (χ1v) is 6.30. The minimum atomic E-state index is -0.662. The van der Waals surface area contributed by atoms with Crippen molar-refractivity contribution in [3.8, 4) is 0 Å². The van der Waals surface area contributed by atoms with Crippen molar-refractivity contribution in [3.63, 3.8) is 0 Å². The van der Waals surface area contributed by atoms with E-state index in [9.17, 15) is 9.59 Å². The van der Waals surface area contributed by atoms with Gasteiger partial charge in [0.1, 0.15) is 0 Å². The highest BCUT2D eigenvalue weighted by molar-refractivity contribution is 6.06. The van der Waals surface area contributed by atoms with Gasteiger partial charge in [-0.1, -0.05) is 12.1 Å². The molecule has 0 spiro atoms. The van der Waals surface area contributed by atoms with Crippen molar-refractivity contribution in [1.29, 1.82) is 0 Å². The Labute approximate surface area is 122 Å². The van der Waals surface area contributed by atoms with Crippen LogP contribution in [0.5, 0.6) is 0 Å². The number of carbonyl (C=O) groups excluding carboxylic acids is 2. The molecule has 3 amide bonds. The average Bonchev–Trinajstić information content (AvgIpc) is 2.41. The second kappa shape index (κ2) is 5.96. The zero-order valence-corrected chi connectivity index (χ0v) is 11.5. The van der Waals surface area contributed by atoms with Crippen LogP contribution in [0.4, 0.5) is 21.9 Å². The Morgan fingerprint density at radius 3 is 2.29 bits per heavy atom. The molecule has 0 fully saturated rings. The number of amides is 3. The van der Waals surface area contributed by atoms with Gasteiger partial charge in [-0.25, -0.2) is 4.79 Å². The number of carbonyl (C=O) groups is 2. The molecule has 0 heterocycles. The number of nitrogens with one attached hydrogen (secondary N) is 2. The summed E-state index contributed by atoms with van der Waals surface area (Å²) >= 11 is 0. The molecule has 2 aromatic carbocycles. The summed E-state index contributed by atoms with van der Waals surface area (Å²) < 4.78 is 0. The van der Waals surface area contributed by atoms with Crippen LogP contribution in [0.25, 0.3) is 0 Å². The van der Waals surface area contributed by atoms with Gasteiger partial charge in [0.15, 0.2) is 0 Å². The molecule has 0 aliphatic carbocycles. The molecule has 0 aromatic heterocycles. The quantitative estimate of drug-likeness (QED) is 0.649. The van der Waals surface area contributed by atoms with Crippen molar-refractivity contribution in [3.05, 3.63) is 53.6 Å². The number of hydrogen-bond acceptors (Lipinski definition) is 3. The summed E-state index contributed by atoms with van der Waals surface area (Å²) in [6.07, 6.45) is 0. The van der Waals surface area contributed by atoms with Crippen LogP contribution in [0.2, 0.25) is 0 Å². The Balaban J connectivity index is 2.20. The Morgan fingerprint density at radius 2 is 1.62 bits per heavy atom. The van der Waals surface area contributed by atoms with Crippen LogP contribution in [0.1, 0.15) is 15.9 Å². The van der Waals surface area contributed by atoms with E-state index in [1.165, 1.54) is 0 Å². The lowest BCUT2D eigenvalue weighted by atomic mass is 10.1. The molecule has 0 saturated heterocycles. The SMILES string of the molecule is Cc1c(N)cccc1C(=O)Nc1cccc(NC(N)=O)c1. The number of rotatable bonds is 3. The summed E-state index contributed by atoms with van der Waals surface area (Å²) in [7, 11) is 0. The predicted molar refractivity (Wildman–Crippen MR) is 83.2 cm³/mol. The highest BCUT2D eigenvalue weighted by Crippen LogP contribution is 2.19. The van der Waals surface area contributed by atoms with E-state index in [2.05, 4.69) is 10.6 Å². The maximum atomic E-state index is 12.2. The van der Waals surface area contributed by atoms with Crippen LogP contribution in [-0.2, 0) is 0 Å². The molecule has 21 heavy (non-hydrogen) atoms. The molecule has 0 unspecified atom stereocenters. The second-order valence-corrected chi connectivity index (χ2v) is 4.54. The van der Waals surface area contributed by atoms with E-state index in [-0.39, 0.29) is 5.91 Å². The van der Waals surface area contributed by atoms with Crippen LogP contribution in [0, 0.1) is 6.92 Å². The predicted octanol–water partition coefficient (Wildman–Crippen LogP) is 2.32. The fraction of sp³-hybridized carbons (Fsp3) is 0.0667. The lowest BCUT2D eigenvalue weighted by Gasteiger charge is -2.10. The molecular formula is C15H16N4O2. The molecule has 0 atom stereocenters. The normalized spacial score (nSPS) is 9.95. The van der Waals surface area contributed by atoms with Gasteiger partial charge in [-0.2, -0.15) is 0 Å². The van der Waals surface area contributed by atoms with Gasteiger partial charge in [-0.15, -0.1) is 0 Å². The van der Waals surface area contributed by atoms with Crippen molar-refractivity contribution in [1.82, 2.24) is 0 Å². The standard InChI is InChI=1S/C15H16N4O2/c1-9-12(6-3-7-13(9)16)14(20)18-10-4-2-5-11(8-10)19-15(17)21/h2-8H,16H2,1H3,(H,18,20)(H3,17,19,21). The molecule has 0 bridgehead atoms. The van der Waals surface area contributed by atoms with Crippen molar-refractivity contribution in [2.75, 3.05) is 16.4 Å². The summed E-state index contributed by atoms with van der Waals surface area (Å²) in [6.45, 7) is 1.79. The van der Waals surface area contributed by atoms with Crippen molar-refractivity contribution < 1.29 is 9.59 Å². The van der Waals surface area contributed by atoms with E-state index in [4.69, 9.17) is 11.5 Å². The number of urea groups is 1. The van der Waals surface area contributed by atoms with Crippen LogP contribution in [0.3, 0.4) is 0 Å². The second-order valence-electron chi connectivity index (χ2n) is 4.54. The summed E-state index contributed by atoms with van der Waals surface area (Å²) in [5.41, 5.74) is 13.7. The molecule has 0 aliphatic rings. The zero-order valence-electron chi connectivity index (χ0n) is 11.5. The molecule has 2 rings (SSSR count). The van der Waals surface area contributed by atoms with E-state index >= 15 is 0 Å². The number of nitrogens with two attached hydrogens (primary N) is 2. The highest BCUT2D eigenvalue weighted by atomic mass is 16.2. The fourth-order valence-corrected chi connectivity index (χ4v) is 1.91. The highest BCUT2D eigenvalue weighted by Gasteiger charge is 2.11. The largest absolute Gasteiger partial charge is 0.398 e. The first-order valence-electron chi connectivity index (χ1n) is 6.30. The number of nitrogen functional groups attached to an aromatic ring is 1. The number of benzene rings is 2. The minimum Gasteiger partial charge on any atom is -0.398 e. The molecule has 2 aromatic rings. The molecular weight excluding hydrogens is 268 g/mol. The smallest absolute Gasteiger partial charge is 0.316 e. The van der Waals surface area contributed by atoms with Crippen LogP contribution < -0.4 is 22.1 Å². The summed E-state index contributed by atoms with van der Waals surface area (Å²) in [4.78, 5) is 23.1. The van der Waals surface area contributed by atoms with Gasteiger partial charge >= 0.3 is 6.03 Å². The van der Waals surface area contributed by atoms with Crippen molar-refractivity contribution in [2.45, 2.75) is 6.92 Å². The van der Waals surface area contributed by atoms with E-state index in [0.29, 0.717) is 22.6 Å². The Kier molecular flexibility index (Phi) is 4.08. The number of primary amides is 1. The Bertz CT molecular complexity index is 698. The Morgan fingerprint density at radius 1 is 1.00 bits per heavy atom. The summed E-state index contributed by atoms with van der Waals surface area (Å²) in [5.74, 6) is -0.268. The number of anilines is 3. The number of hydrogen-bond donors (Lipinski definition) is 4. The van der Waals surface area contributed by atoms with Gasteiger partial charge in [-0.05, 0) is 42.8 Å². The average molecular weight is 284 g/mol. The van der Waals surface area contributed by atoms with E-state index in [1.54, 1.807) is 49.4 Å². The van der Waals surface area contributed by atoms with Crippen molar-refractivity contribution in [2.24, 2.45) is 5.73 Å². The first-order chi connectivity index (χ1) is 9.97. The van der Waals surface area contributed by atoms with Gasteiger partial charge in [0.2, 0.25) is 0 Å². The van der Waals surface area contributed by atoms with Gasteiger partial charge in [0.25, 0.3) is 5.91 Å². The monoisotopic (exact) mass is 284 g/mol. The lowest BCUT2D eigenvalue weighted by Crippen LogP contribution is -2.19. The Hall–Kier alpha value is -3.02.